The lowest BCUT2D eigenvalue weighted by atomic mass is 10.3. The Kier molecular flexibility index (Phi) is 3.14. The van der Waals surface area contributed by atoms with Gasteiger partial charge >= 0.3 is 6.01 Å². The van der Waals surface area contributed by atoms with E-state index in [1.807, 2.05) is 25.3 Å². The number of aromatic nitrogens is 1. The van der Waals surface area contributed by atoms with Gasteiger partial charge in [-0.25, -0.2) is 0 Å². The topological polar surface area (TPSA) is 47.6 Å². The summed E-state index contributed by atoms with van der Waals surface area (Å²) < 4.78 is 10.6. The molecule has 0 aliphatic heterocycles. The van der Waals surface area contributed by atoms with Gasteiger partial charge in [0.15, 0.2) is 5.58 Å². The lowest BCUT2D eigenvalue weighted by molar-refractivity contribution is 0.414. The Labute approximate surface area is 97.7 Å². The van der Waals surface area contributed by atoms with Gasteiger partial charge in [0.05, 0.1) is 12.2 Å². The third-order valence-corrected chi connectivity index (χ3v) is 2.81. The molecule has 0 saturated carbocycles. The fourth-order valence-electron chi connectivity index (χ4n) is 1.25. The number of rotatable bonds is 2. The molecule has 1 heterocycles. The first-order valence-corrected chi connectivity index (χ1v) is 5.99. The molecule has 0 N–H and O–H groups in total. The van der Waals surface area contributed by atoms with Crippen molar-refractivity contribution in [3.8, 4) is 5.75 Å². The molecule has 0 saturated heterocycles. The van der Waals surface area contributed by atoms with E-state index in [2.05, 4.69) is 9.98 Å². The van der Waals surface area contributed by atoms with Gasteiger partial charge in [0.1, 0.15) is 11.3 Å². The van der Waals surface area contributed by atoms with Crippen LogP contribution in [0.5, 0.6) is 5.75 Å². The molecule has 4 nitrogen and oxygen atoms in total. The lowest BCUT2D eigenvalue weighted by Crippen LogP contribution is -1.80. The Morgan fingerprint density at radius 3 is 3.00 bits per heavy atom. The minimum Gasteiger partial charge on any atom is -0.497 e. The van der Waals surface area contributed by atoms with Crippen molar-refractivity contribution in [1.29, 1.82) is 0 Å². The van der Waals surface area contributed by atoms with Gasteiger partial charge in [0.25, 0.3) is 0 Å². The number of ether oxygens (including phenoxy) is 1. The predicted octanol–water partition coefficient (Wildman–Crippen LogP) is 3.25. The molecular weight excluding hydrogens is 224 g/mol. The van der Waals surface area contributed by atoms with E-state index in [1.54, 1.807) is 24.9 Å². The Balaban J connectivity index is 2.44. The van der Waals surface area contributed by atoms with Gasteiger partial charge in [0, 0.05) is 6.07 Å². The second kappa shape index (κ2) is 4.57. The maximum absolute atomic E-state index is 5.49. The Hall–Kier alpha value is -1.49. The van der Waals surface area contributed by atoms with E-state index in [9.17, 15) is 0 Å². The van der Waals surface area contributed by atoms with Gasteiger partial charge in [-0.3, -0.25) is 0 Å². The standard InChI is InChI=1S/C11H12N2O2S/c1-7(16-3)12-11-13-9-5-4-8(14-2)6-10(9)15-11/h4-6H,1-3H3. The van der Waals surface area contributed by atoms with Crippen molar-refractivity contribution >= 4 is 33.9 Å². The van der Waals surface area contributed by atoms with E-state index in [4.69, 9.17) is 9.15 Å². The van der Waals surface area contributed by atoms with E-state index in [1.165, 1.54) is 0 Å². The van der Waals surface area contributed by atoms with E-state index >= 15 is 0 Å². The largest absolute Gasteiger partial charge is 0.497 e. The van der Waals surface area contributed by atoms with Crippen LogP contribution in [0.2, 0.25) is 0 Å². The average Bonchev–Trinajstić information content (AvgIpc) is 2.69. The summed E-state index contributed by atoms with van der Waals surface area (Å²) in [4.78, 5) is 8.48. The van der Waals surface area contributed by atoms with Crippen LogP contribution in [0.1, 0.15) is 6.92 Å². The predicted molar refractivity (Wildman–Crippen MR) is 66.8 cm³/mol. The minimum atomic E-state index is 0.384. The maximum Gasteiger partial charge on any atom is 0.323 e. The van der Waals surface area contributed by atoms with Crippen molar-refractivity contribution in [3.63, 3.8) is 0 Å². The van der Waals surface area contributed by atoms with Gasteiger partial charge in [-0.1, -0.05) is 0 Å². The van der Waals surface area contributed by atoms with Crippen LogP contribution in [-0.2, 0) is 0 Å². The molecule has 0 radical (unpaired) electrons. The summed E-state index contributed by atoms with van der Waals surface area (Å²) in [7, 11) is 1.62. The van der Waals surface area contributed by atoms with Crippen molar-refractivity contribution in [3.05, 3.63) is 18.2 Å². The summed E-state index contributed by atoms with van der Waals surface area (Å²) in [5.74, 6) is 0.751. The first kappa shape index (κ1) is 11.0. The normalized spacial score (nSPS) is 12.1. The number of nitrogens with zero attached hydrogens (tertiary/aromatic N) is 2. The summed E-state index contributed by atoms with van der Waals surface area (Å²) in [6.45, 7) is 1.92. The van der Waals surface area contributed by atoms with Gasteiger partial charge < -0.3 is 9.15 Å². The smallest absolute Gasteiger partial charge is 0.323 e. The van der Waals surface area contributed by atoms with Crippen molar-refractivity contribution in [2.45, 2.75) is 6.92 Å². The number of fused-ring (bicyclic) bond motifs is 1. The highest BCUT2D eigenvalue weighted by atomic mass is 32.2. The number of hydrogen-bond acceptors (Lipinski definition) is 5. The van der Waals surface area contributed by atoms with Gasteiger partial charge in [-0.15, -0.1) is 11.8 Å². The van der Waals surface area contributed by atoms with Crippen molar-refractivity contribution in [1.82, 2.24) is 4.98 Å². The first-order chi connectivity index (χ1) is 7.72. The number of oxazole rings is 1. The van der Waals surface area contributed by atoms with Crippen LogP contribution in [0, 0.1) is 0 Å². The quantitative estimate of drug-likeness (QED) is 0.593. The van der Waals surface area contributed by atoms with Crippen molar-refractivity contribution in [2.24, 2.45) is 4.99 Å². The molecule has 2 aromatic rings. The lowest BCUT2D eigenvalue weighted by Gasteiger charge is -1.95. The molecule has 5 heteroatoms. The molecule has 16 heavy (non-hydrogen) atoms. The summed E-state index contributed by atoms with van der Waals surface area (Å²) >= 11 is 1.56. The maximum atomic E-state index is 5.49. The molecule has 0 aliphatic carbocycles. The minimum absolute atomic E-state index is 0.384. The number of aliphatic imine (C=N–C) groups is 1. The van der Waals surface area contributed by atoms with Crippen molar-refractivity contribution < 1.29 is 9.15 Å². The zero-order valence-electron chi connectivity index (χ0n) is 9.35. The highest BCUT2D eigenvalue weighted by Gasteiger charge is 2.05. The van der Waals surface area contributed by atoms with E-state index < -0.39 is 0 Å². The third kappa shape index (κ3) is 2.19. The zero-order chi connectivity index (χ0) is 11.5. The van der Waals surface area contributed by atoms with E-state index in [0.717, 1.165) is 16.3 Å². The fourth-order valence-corrected chi connectivity index (χ4v) is 1.42. The number of benzene rings is 1. The second-order valence-corrected chi connectivity index (χ2v) is 4.16. The molecule has 1 aromatic carbocycles. The van der Waals surface area contributed by atoms with Crippen LogP contribution in [0.15, 0.2) is 27.6 Å². The average molecular weight is 236 g/mol. The molecule has 2 rings (SSSR count). The summed E-state index contributed by atoms with van der Waals surface area (Å²) in [6.07, 6.45) is 1.96. The van der Waals surface area contributed by atoms with Crippen LogP contribution in [0.3, 0.4) is 0 Å². The van der Waals surface area contributed by atoms with Crippen LogP contribution in [-0.4, -0.2) is 23.4 Å². The van der Waals surface area contributed by atoms with Gasteiger partial charge in [0.2, 0.25) is 0 Å². The molecule has 1 aromatic heterocycles. The van der Waals surface area contributed by atoms with Gasteiger partial charge in [-0.2, -0.15) is 9.98 Å². The van der Waals surface area contributed by atoms with Crippen LogP contribution in [0.25, 0.3) is 11.1 Å². The Morgan fingerprint density at radius 2 is 2.31 bits per heavy atom. The molecule has 84 valence electrons. The second-order valence-electron chi connectivity index (χ2n) is 3.17. The van der Waals surface area contributed by atoms with Crippen LogP contribution in [0.4, 0.5) is 6.01 Å². The van der Waals surface area contributed by atoms with Gasteiger partial charge in [-0.05, 0) is 25.3 Å². The summed E-state index contributed by atoms with van der Waals surface area (Å²) in [5, 5.41) is 0.915. The molecule has 0 atom stereocenters. The SMILES string of the molecule is COc1ccc2nc(N=C(C)SC)oc2c1. The molecule has 0 bridgehead atoms. The number of methoxy groups -OCH3 is 1. The molecule has 0 unspecified atom stereocenters. The Bertz CT molecular complexity index is 534. The first-order valence-electron chi connectivity index (χ1n) is 4.77. The van der Waals surface area contributed by atoms with E-state index in [0.29, 0.717) is 11.6 Å². The Morgan fingerprint density at radius 1 is 1.50 bits per heavy atom. The molecule has 0 spiro atoms. The molecule has 0 aliphatic rings. The monoisotopic (exact) mass is 236 g/mol. The molecular formula is C11H12N2O2S. The van der Waals surface area contributed by atoms with Crippen LogP contribution >= 0.6 is 11.8 Å². The zero-order valence-corrected chi connectivity index (χ0v) is 10.2. The number of hydrogen-bond donors (Lipinski definition) is 0. The van der Waals surface area contributed by atoms with E-state index in [-0.39, 0.29) is 0 Å². The number of thioether (sulfide) groups is 1. The fraction of sp³-hybridized carbons (Fsp3) is 0.273. The van der Waals surface area contributed by atoms with Crippen molar-refractivity contribution in [2.75, 3.05) is 13.4 Å². The molecule has 0 fully saturated rings. The summed E-state index contributed by atoms with van der Waals surface area (Å²) in [5.41, 5.74) is 1.47. The summed E-state index contributed by atoms with van der Waals surface area (Å²) in [6, 6.07) is 5.89. The van der Waals surface area contributed by atoms with Crippen LogP contribution < -0.4 is 4.74 Å². The highest BCUT2D eigenvalue weighted by molar-refractivity contribution is 8.13. The third-order valence-electron chi connectivity index (χ3n) is 2.13. The highest BCUT2D eigenvalue weighted by Crippen LogP contribution is 2.25. The molecule has 0 amide bonds.